The second-order valence-electron chi connectivity index (χ2n) is 7.35. The Morgan fingerprint density at radius 3 is 2.59 bits per heavy atom. The van der Waals surface area contributed by atoms with Crippen LogP contribution in [0.15, 0.2) is 11.3 Å². The van der Waals surface area contributed by atoms with Crippen molar-refractivity contribution >= 4 is 0 Å². The highest BCUT2D eigenvalue weighted by atomic mass is 16.5. The fourth-order valence-electron chi connectivity index (χ4n) is 3.34. The van der Waals surface area contributed by atoms with Crippen molar-refractivity contribution in [1.82, 2.24) is 4.90 Å². The predicted molar refractivity (Wildman–Crippen MR) is 95.6 cm³/mol. The molecule has 1 saturated heterocycles. The molecule has 3 nitrogen and oxygen atoms in total. The Morgan fingerprint density at radius 1 is 1.27 bits per heavy atom. The molecule has 1 heterocycles. The van der Waals surface area contributed by atoms with Crippen molar-refractivity contribution in [1.29, 1.82) is 0 Å². The van der Waals surface area contributed by atoms with Gasteiger partial charge in [0.25, 0.3) is 0 Å². The molecule has 3 heteroatoms. The van der Waals surface area contributed by atoms with Gasteiger partial charge in [0, 0.05) is 18.8 Å². The summed E-state index contributed by atoms with van der Waals surface area (Å²) < 4.78 is 6.13. The molecular weight excluding hydrogens is 272 g/mol. The van der Waals surface area contributed by atoms with Crippen LogP contribution < -0.4 is 5.73 Å². The Balaban J connectivity index is 2.73. The normalized spacial score (nSPS) is 23.3. The standard InChI is InChI=1S/C19H38N2O/c1-6-7-8-9-12-19(5)21(13-14-22-19)18(15-20)17(4)11-10-16(2)3/h16H,6-15,20H2,1-5H3. The van der Waals surface area contributed by atoms with E-state index in [4.69, 9.17) is 10.5 Å². The molecule has 22 heavy (non-hydrogen) atoms. The molecule has 0 radical (unpaired) electrons. The van der Waals surface area contributed by atoms with Crippen LogP contribution >= 0.6 is 0 Å². The molecule has 0 aromatic heterocycles. The predicted octanol–water partition coefficient (Wildman–Crippen LogP) is 4.67. The number of unbranched alkanes of at least 4 members (excludes halogenated alkanes) is 3. The van der Waals surface area contributed by atoms with E-state index in [1.807, 2.05) is 0 Å². The van der Waals surface area contributed by atoms with Crippen LogP contribution in [0, 0.1) is 5.92 Å². The number of nitrogens with zero attached hydrogens (tertiary/aromatic N) is 1. The Morgan fingerprint density at radius 2 is 2.00 bits per heavy atom. The largest absolute Gasteiger partial charge is 0.354 e. The number of nitrogens with two attached hydrogens (primary N) is 1. The maximum absolute atomic E-state index is 6.13. The van der Waals surface area contributed by atoms with Crippen LogP contribution in [0.25, 0.3) is 0 Å². The van der Waals surface area contributed by atoms with Crippen molar-refractivity contribution in [2.24, 2.45) is 11.7 Å². The molecule has 0 aromatic rings. The number of allylic oxidation sites excluding steroid dienone is 1. The van der Waals surface area contributed by atoms with Crippen LogP contribution in [0.2, 0.25) is 0 Å². The lowest BCUT2D eigenvalue weighted by Crippen LogP contribution is -2.43. The van der Waals surface area contributed by atoms with Crippen molar-refractivity contribution in [2.75, 3.05) is 19.7 Å². The zero-order valence-electron chi connectivity index (χ0n) is 15.6. The minimum absolute atomic E-state index is 0.151. The maximum Gasteiger partial charge on any atom is 0.138 e. The summed E-state index contributed by atoms with van der Waals surface area (Å²) >= 11 is 0. The molecular formula is C19H38N2O. The highest BCUT2D eigenvalue weighted by Gasteiger charge is 2.38. The molecule has 1 unspecified atom stereocenters. The van der Waals surface area contributed by atoms with Crippen LogP contribution in [0.4, 0.5) is 0 Å². The fraction of sp³-hybridized carbons (Fsp3) is 0.895. The third-order valence-corrected chi connectivity index (χ3v) is 4.90. The van der Waals surface area contributed by atoms with Gasteiger partial charge in [0.1, 0.15) is 5.72 Å². The number of rotatable bonds is 10. The second-order valence-corrected chi connectivity index (χ2v) is 7.35. The number of hydrogen-bond acceptors (Lipinski definition) is 3. The molecule has 1 rings (SSSR count). The van der Waals surface area contributed by atoms with E-state index in [0.29, 0.717) is 6.54 Å². The molecule has 1 fully saturated rings. The maximum atomic E-state index is 6.13. The molecule has 0 amide bonds. The fourth-order valence-corrected chi connectivity index (χ4v) is 3.34. The van der Waals surface area contributed by atoms with Crippen LogP contribution in [0.5, 0.6) is 0 Å². The van der Waals surface area contributed by atoms with E-state index in [-0.39, 0.29) is 5.72 Å². The first-order valence-corrected chi connectivity index (χ1v) is 9.25. The smallest absolute Gasteiger partial charge is 0.138 e. The van der Waals surface area contributed by atoms with Crippen molar-refractivity contribution in [2.45, 2.75) is 85.3 Å². The van der Waals surface area contributed by atoms with Crippen LogP contribution in [-0.4, -0.2) is 30.3 Å². The van der Waals surface area contributed by atoms with E-state index in [9.17, 15) is 0 Å². The van der Waals surface area contributed by atoms with Gasteiger partial charge in [-0.2, -0.15) is 0 Å². The summed E-state index contributed by atoms with van der Waals surface area (Å²) in [5, 5.41) is 0. The summed E-state index contributed by atoms with van der Waals surface area (Å²) in [6.07, 6.45) is 8.63. The molecule has 1 aliphatic heterocycles. The van der Waals surface area contributed by atoms with Gasteiger partial charge < -0.3 is 15.4 Å². The summed E-state index contributed by atoms with van der Waals surface area (Å²) in [5.74, 6) is 0.740. The molecule has 2 N–H and O–H groups in total. The van der Waals surface area contributed by atoms with E-state index in [0.717, 1.165) is 31.9 Å². The van der Waals surface area contributed by atoms with E-state index >= 15 is 0 Å². The Hall–Kier alpha value is -0.540. The van der Waals surface area contributed by atoms with Gasteiger partial charge in [0.15, 0.2) is 0 Å². The van der Waals surface area contributed by atoms with Gasteiger partial charge in [-0.15, -0.1) is 0 Å². The second kappa shape index (κ2) is 9.57. The topological polar surface area (TPSA) is 38.5 Å². The Bertz CT molecular complexity index is 351. The third-order valence-electron chi connectivity index (χ3n) is 4.90. The SMILES string of the molecule is CCCCCCC1(C)OCCN1C(CN)=C(C)CCC(C)C. The minimum atomic E-state index is -0.151. The Labute approximate surface area is 138 Å². The van der Waals surface area contributed by atoms with Gasteiger partial charge in [0.05, 0.1) is 6.61 Å². The summed E-state index contributed by atoms with van der Waals surface area (Å²) in [5.41, 5.74) is 8.71. The molecule has 1 aliphatic rings. The van der Waals surface area contributed by atoms with Crippen molar-refractivity contribution in [3.8, 4) is 0 Å². The van der Waals surface area contributed by atoms with Gasteiger partial charge in [0.2, 0.25) is 0 Å². The van der Waals surface area contributed by atoms with Crippen LogP contribution in [-0.2, 0) is 4.74 Å². The molecule has 0 bridgehead atoms. The van der Waals surface area contributed by atoms with E-state index in [1.54, 1.807) is 0 Å². The summed E-state index contributed by atoms with van der Waals surface area (Å²) in [4.78, 5) is 2.45. The van der Waals surface area contributed by atoms with E-state index in [2.05, 4.69) is 39.5 Å². The zero-order chi connectivity index (χ0) is 16.6. The monoisotopic (exact) mass is 310 g/mol. The lowest BCUT2D eigenvalue weighted by atomic mass is 9.99. The number of ether oxygens (including phenoxy) is 1. The van der Waals surface area contributed by atoms with Crippen molar-refractivity contribution in [3.63, 3.8) is 0 Å². The van der Waals surface area contributed by atoms with Gasteiger partial charge in [-0.25, -0.2) is 0 Å². The summed E-state index contributed by atoms with van der Waals surface area (Å²) in [7, 11) is 0. The summed E-state index contributed by atoms with van der Waals surface area (Å²) in [6.45, 7) is 13.8. The lowest BCUT2D eigenvalue weighted by molar-refractivity contribution is -0.0609. The van der Waals surface area contributed by atoms with Gasteiger partial charge in [-0.3, -0.25) is 0 Å². The van der Waals surface area contributed by atoms with Crippen LogP contribution in [0.3, 0.4) is 0 Å². The first-order valence-electron chi connectivity index (χ1n) is 9.25. The first-order chi connectivity index (χ1) is 10.4. The highest BCUT2D eigenvalue weighted by Crippen LogP contribution is 2.33. The molecule has 1 atom stereocenters. The van der Waals surface area contributed by atoms with Gasteiger partial charge in [-0.05, 0) is 45.4 Å². The zero-order valence-corrected chi connectivity index (χ0v) is 15.6. The molecule has 0 saturated carbocycles. The molecule has 0 spiro atoms. The van der Waals surface area contributed by atoms with Crippen molar-refractivity contribution < 1.29 is 4.74 Å². The molecule has 0 aromatic carbocycles. The minimum Gasteiger partial charge on any atom is -0.354 e. The quantitative estimate of drug-likeness (QED) is 0.596. The van der Waals surface area contributed by atoms with E-state index < -0.39 is 0 Å². The molecule has 0 aliphatic carbocycles. The average molecular weight is 311 g/mol. The summed E-state index contributed by atoms with van der Waals surface area (Å²) in [6, 6.07) is 0. The highest BCUT2D eigenvalue weighted by molar-refractivity contribution is 5.16. The first kappa shape index (κ1) is 19.5. The van der Waals surface area contributed by atoms with Gasteiger partial charge >= 0.3 is 0 Å². The third kappa shape index (κ3) is 5.58. The van der Waals surface area contributed by atoms with E-state index in [1.165, 1.54) is 43.4 Å². The van der Waals surface area contributed by atoms with Crippen molar-refractivity contribution in [3.05, 3.63) is 11.3 Å². The van der Waals surface area contributed by atoms with Crippen LogP contribution in [0.1, 0.15) is 79.6 Å². The Kier molecular flexibility index (Phi) is 8.48. The molecule has 130 valence electrons. The van der Waals surface area contributed by atoms with Gasteiger partial charge in [-0.1, -0.05) is 45.6 Å². The lowest BCUT2D eigenvalue weighted by Gasteiger charge is -2.38. The average Bonchev–Trinajstić information content (AvgIpc) is 2.85. The number of hydrogen-bond donors (Lipinski definition) is 1.